The summed E-state index contributed by atoms with van der Waals surface area (Å²) in [4.78, 5) is 52.0. The van der Waals surface area contributed by atoms with Crippen LogP contribution >= 0.6 is 12.6 Å². The zero-order valence-corrected chi connectivity index (χ0v) is 18.3. The molecule has 0 saturated heterocycles. The van der Waals surface area contributed by atoms with Crippen LogP contribution in [0.3, 0.4) is 0 Å². The molecular formula is C17H33N7O5S. The number of carboxylic acids is 1. The van der Waals surface area contributed by atoms with Gasteiger partial charge in [0.15, 0.2) is 5.96 Å². The summed E-state index contributed by atoms with van der Waals surface area (Å²) in [6.07, 6.45) is 0.479. The number of rotatable bonds is 13. The molecule has 30 heavy (non-hydrogen) atoms. The van der Waals surface area contributed by atoms with Crippen LogP contribution in [-0.2, 0) is 19.2 Å². The minimum Gasteiger partial charge on any atom is -0.480 e. The number of carbonyl (C=O) groups excluding carboxylic acids is 3. The Bertz CT molecular complexity index is 640. The Kier molecular flexibility index (Phi) is 12.5. The molecule has 0 aliphatic rings. The van der Waals surface area contributed by atoms with Crippen molar-refractivity contribution in [2.45, 2.75) is 57.8 Å². The van der Waals surface area contributed by atoms with Crippen LogP contribution in [0.1, 0.15) is 33.6 Å². The van der Waals surface area contributed by atoms with Gasteiger partial charge in [0.25, 0.3) is 0 Å². The molecule has 172 valence electrons. The van der Waals surface area contributed by atoms with Crippen molar-refractivity contribution >= 4 is 42.3 Å². The minimum absolute atomic E-state index is 0.112. The van der Waals surface area contributed by atoms with Crippen molar-refractivity contribution in [1.29, 1.82) is 0 Å². The van der Waals surface area contributed by atoms with Crippen molar-refractivity contribution in [1.82, 2.24) is 16.0 Å². The number of aliphatic imine (C=N–C) groups is 1. The van der Waals surface area contributed by atoms with Gasteiger partial charge >= 0.3 is 5.97 Å². The van der Waals surface area contributed by atoms with Crippen LogP contribution in [0.2, 0.25) is 0 Å². The van der Waals surface area contributed by atoms with Gasteiger partial charge in [0.1, 0.15) is 18.1 Å². The first-order valence-electron chi connectivity index (χ1n) is 9.46. The largest absolute Gasteiger partial charge is 0.480 e. The Hall–Kier alpha value is -2.54. The first kappa shape index (κ1) is 27.5. The summed E-state index contributed by atoms with van der Waals surface area (Å²) < 4.78 is 0. The van der Waals surface area contributed by atoms with Gasteiger partial charge in [0.05, 0.1) is 6.04 Å². The maximum Gasteiger partial charge on any atom is 0.327 e. The number of amides is 3. The zero-order chi connectivity index (χ0) is 23.4. The topological polar surface area (TPSA) is 215 Å². The lowest BCUT2D eigenvalue weighted by Gasteiger charge is -2.23. The second-order valence-corrected chi connectivity index (χ2v) is 7.46. The molecule has 0 aromatic rings. The number of nitrogens with zero attached hydrogens (tertiary/aromatic N) is 1. The Morgan fingerprint density at radius 3 is 2.00 bits per heavy atom. The summed E-state index contributed by atoms with van der Waals surface area (Å²) in [5.74, 6) is -3.45. The number of carbonyl (C=O) groups is 4. The van der Waals surface area contributed by atoms with Crippen molar-refractivity contribution in [3.63, 3.8) is 0 Å². The molecule has 4 unspecified atom stereocenters. The number of guanidine groups is 1. The molecule has 0 fully saturated rings. The second kappa shape index (κ2) is 13.6. The summed E-state index contributed by atoms with van der Waals surface area (Å²) in [6, 6.07) is -4.04. The molecule has 13 heteroatoms. The SMILES string of the molecule is CC(NC(=O)C(N)C(C)C)C(=O)NC(CCCN=C(N)N)C(=O)NC(CS)C(=O)O. The summed E-state index contributed by atoms with van der Waals surface area (Å²) in [7, 11) is 0. The van der Waals surface area contributed by atoms with Gasteiger partial charge in [-0.3, -0.25) is 19.4 Å². The number of nitrogens with one attached hydrogen (secondary N) is 3. The van der Waals surface area contributed by atoms with Crippen molar-refractivity contribution < 1.29 is 24.3 Å². The molecule has 12 nitrogen and oxygen atoms in total. The predicted molar refractivity (Wildman–Crippen MR) is 116 cm³/mol. The van der Waals surface area contributed by atoms with Crippen LogP contribution in [-0.4, -0.2) is 71.2 Å². The van der Waals surface area contributed by atoms with Gasteiger partial charge in [-0.15, -0.1) is 0 Å². The predicted octanol–water partition coefficient (Wildman–Crippen LogP) is -2.49. The summed E-state index contributed by atoms with van der Waals surface area (Å²) >= 11 is 3.89. The van der Waals surface area contributed by atoms with Crippen LogP contribution in [0, 0.1) is 5.92 Å². The fourth-order valence-electron chi connectivity index (χ4n) is 2.20. The maximum absolute atomic E-state index is 12.5. The fraction of sp³-hybridized carbons (Fsp3) is 0.706. The number of nitrogens with two attached hydrogens (primary N) is 3. The van der Waals surface area contributed by atoms with Crippen molar-refractivity contribution in [3.8, 4) is 0 Å². The molecule has 3 amide bonds. The van der Waals surface area contributed by atoms with E-state index < -0.39 is 47.9 Å². The lowest BCUT2D eigenvalue weighted by atomic mass is 10.0. The standard InChI is InChI=1S/C17H33N7O5S/c1-8(2)12(18)15(27)22-9(3)13(25)23-10(5-4-6-21-17(19)20)14(26)24-11(7-30)16(28)29/h8-12,30H,4-7,18H2,1-3H3,(H,22,27)(H,23,25)(H,24,26)(H,28,29)(H4,19,20,21). The van der Waals surface area contributed by atoms with Crippen LogP contribution in [0.25, 0.3) is 0 Å². The van der Waals surface area contributed by atoms with E-state index in [1.807, 2.05) is 0 Å². The van der Waals surface area contributed by atoms with E-state index in [1.54, 1.807) is 13.8 Å². The van der Waals surface area contributed by atoms with E-state index >= 15 is 0 Å². The quantitative estimate of drug-likeness (QED) is 0.0652. The molecule has 4 atom stereocenters. The van der Waals surface area contributed by atoms with E-state index in [0.29, 0.717) is 6.42 Å². The number of hydrogen-bond acceptors (Lipinski definition) is 7. The number of thiol groups is 1. The normalized spacial score (nSPS) is 14.7. The summed E-state index contributed by atoms with van der Waals surface area (Å²) in [6.45, 7) is 5.20. The molecule has 0 aliphatic carbocycles. The molecule has 0 saturated carbocycles. The van der Waals surface area contributed by atoms with Crippen molar-refractivity contribution in [3.05, 3.63) is 0 Å². The monoisotopic (exact) mass is 447 g/mol. The molecule has 0 aromatic heterocycles. The Labute approximate surface area is 181 Å². The Morgan fingerprint density at radius 2 is 1.53 bits per heavy atom. The third-order valence-corrected chi connectivity index (χ3v) is 4.51. The van der Waals surface area contributed by atoms with E-state index in [9.17, 15) is 19.2 Å². The lowest BCUT2D eigenvalue weighted by molar-refractivity contribution is -0.141. The van der Waals surface area contributed by atoms with Gasteiger partial charge in [0.2, 0.25) is 17.7 Å². The third-order valence-electron chi connectivity index (χ3n) is 4.15. The molecule has 0 bridgehead atoms. The van der Waals surface area contributed by atoms with E-state index in [1.165, 1.54) is 6.92 Å². The minimum atomic E-state index is -1.26. The molecule has 0 heterocycles. The van der Waals surface area contributed by atoms with Gasteiger partial charge in [-0.25, -0.2) is 4.79 Å². The highest BCUT2D eigenvalue weighted by Gasteiger charge is 2.28. The van der Waals surface area contributed by atoms with Gasteiger partial charge in [-0.05, 0) is 25.7 Å². The van der Waals surface area contributed by atoms with E-state index in [0.717, 1.165) is 0 Å². The summed E-state index contributed by atoms with van der Waals surface area (Å²) in [5.41, 5.74) is 16.3. The highest BCUT2D eigenvalue weighted by atomic mass is 32.1. The molecule has 0 aliphatic heterocycles. The number of aliphatic carboxylic acids is 1. The van der Waals surface area contributed by atoms with Gasteiger partial charge in [-0.1, -0.05) is 13.8 Å². The van der Waals surface area contributed by atoms with Crippen LogP contribution in [0.4, 0.5) is 0 Å². The van der Waals surface area contributed by atoms with Gasteiger partial charge in [0, 0.05) is 12.3 Å². The smallest absolute Gasteiger partial charge is 0.327 e. The lowest BCUT2D eigenvalue weighted by Crippen LogP contribution is -2.57. The first-order chi connectivity index (χ1) is 13.9. The second-order valence-electron chi connectivity index (χ2n) is 7.09. The van der Waals surface area contributed by atoms with Gasteiger partial charge < -0.3 is 38.3 Å². The highest BCUT2D eigenvalue weighted by Crippen LogP contribution is 2.03. The van der Waals surface area contributed by atoms with E-state index in [-0.39, 0.29) is 30.6 Å². The van der Waals surface area contributed by atoms with E-state index in [4.69, 9.17) is 22.3 Å². The molecule has 0 aromatic carbocycles. The fourth-order valence-corrected chi connectivity index (χ4v) is 2.45. The zero-order valence-electron chi connectivity index (χ0n) is 17.4. The average Bonchev–Trinajstić information content (AvgIpc) is 2.66. The van der Waals surface area contributed by atoms with E-state index in [2.05, 4.69) is 33.6 Å². The summed E-state index contributed by atoms with van der Waals surface area (Å²) in [5, 5.41) is 16.4. The maximum atomic E-state index is 12.5. The van der Waals surface area contributed by atoms with Crippen LogP contribution < -0.4 is 33.2 Å². The number of hydrogen-bond donors (Lipinski definition) is 8. The molecule has 0 radical (unpaired) electrons. The van der Waals surface area contributed by atoms with Gasteiger partial charge in [-0.2, -0.15) is 12.6 Å². The van der Waals surface area contributed by atoms with Crippen molar-refractivity contribution in [2.75, 3.05) is 12.3 Å². The Morgan fingerprint density at radius 1 is 0.967 bits per heavy atom. The highest BCUT2D eigenvalue weighted by molar-refractivity contribution is 7.80. The number of carboxylic acid groups (broad SMARTS) is 1. The average molecular weight is 448 g/mol. The first-order valence-corrected chi connectivity index (χ1v) is 10.1. The molecule has 10 N–H and O–H groups in total. The third kappa shape index (κ3) is 10.3. The van der Waals surface area contributed by atoms with Crippen LogP contribution in [0.5, 0.6) is 0 Å². The molecule has 0 spiro atoms. The van der Waals surface area contributed by atoms with Crippen LogP contribution in [0.15, 0.2) is 4.99 Å². The molecular weight excluding hydrogens is 414 g/mol. The Balaban J connectivity index is 5.13. The van der Waals surface area contributed by atoms with Crippen molar-refractivity contribution in [2.24, 2.45) is 28.1 Å². The molecule has 0 rings (SSSR count).